The van der Waals surface area contributed by atoms with Crippen molar-refractivity contribution in [3.8, 4) is 5.75 Å². The summed E-state index contributed by atoms with van der Waals surface area (Å²) >= 11 is 5.73. The molecule has 5 heteroatoms. The Kier molecular flexibility index (Phi) is 4.90. The van der Waals surface area contributed by atoms with E-state index in [4.69, 9.17) is 22.1 Å². The maximum absolute atomic E-state index is 12.8. The molecule has 0 radical (unpaired) electrons. The SMILES string of the molecule is CC(C)CC(N)C(=O)Oc1ccc(F)cc1Cl. The standard InChI is InChI=1S/C12H15ClFNO2/c1-7(2)5-10(15)12(16)17-11-4-3-8(14)6-9(11)13/h3-4,6-7,10H,5,15H2,1-2H3. The van der Waals surface area contributed by atoms with Crippen molar-refractivity contribution in [1.29, 1.82) is 0 Å². The lowest BCUT2D eigenvalue weighted by Crippen LogP contribution is -2.35. The molecule has 0 fully saturated rings. The number of carbonyl (C=O) groups excluding carboxylic acids is 1. The van der Waals surface area contributed by atoms with Crippen molar-refractivity contribution in [2.45, 2.75) is 26.3 Å². The Morgan fingerprint density at radius 1 is 1.53 bits per heavy atom. The first-order chi connectivity index (χ1) is 7.90. The first-order valence-electron chi connectivity index (χ1n) is 5.32. The zero-order chi connectivity index (χ0) is 13.0. The molecule has 0 bridgehead atoms. The predicted molar refractivity (Wildman–Crippen MR) is 64.5 cm³/mol. The molecule has 3 nitrogen and oxygen atoms in total. The normalized spacial score (nSPS) is 12.6. The van der Waals surface area contributed by atoms with E-state index in [1.807, 2.05) is 13.8 Å². The Morgan fingerprint density at radius 3 is 2.71 bits per heavy atom. The molecule has 1 aromatic carbocycles. The van der Waals surface area contributed by atoms with Gasteiger partial charge in [0.25, 0.3) is 0 Å². The van der Waals surface area contributed by atoms with Crippen LogP contribution >= 0.6 is 11.6 Å². The quantitative estimate of drug-likeness (QED) is 0.668. The highest BCUT2D eigenvalue weighted by atomic mass is 35.5. The van der Waals surface area contributed by atoms with Gasteiger partial charge >= 0.3 is 5.97 Å². The number of hydrogen-bond acceptors (Lipinski definition) is 3. The van der Waals surface area contributed by atoms with Gasteiger partial charge in [-0.25, -0.2) is 9.18 Å². The van der Waals surface area contributed by atoms with Crippen LogP contribution in [0.1, 0.15) is 20.3 Å². The molecule has 0 aromatic heterocycles. The fraction of sp³-hybridized carbons (Fsp3) is 0.417. The zero-order valence-electron chi connectivity index (χ0n) is 9.74. The highest BCUT2D eigenvalue weighted by Gasteiger charge is 2.18. The first kappa shape index (κ1) is 13.9. The van der Waals surface area contributed by atoms with Gasteiger partial charge in [0.05, 0.1) is 5.02 Å². The Morgan fingerprint density at radius 2 is 2.18 bits per heavy atom. The van der Waals surface area contributed by atoms with E-state index < -0.39 is 17.8 Å². The van der Waals surface area contributed by atoms with E-state index in [1.165, 1.54) is 12.1 Å². The van der Waals surface area contributed by atoms with Crippen LogP contribution < -0.4 is 10.5 Å². The second-order valence-corrected chi connectivity index (χ2v) is 4.64. The minimum Gasteiger partial charge on any atom is -0.424 e. The van der Waals surface area contributed by atoms with Crippen molar-refractivity contribution < 1.29 is 13.9 Å². The van der Waals surface area contributed by atoms with Crippen LogP contribution in [0, 0.1) is 11.7 Å². The number of halogens is 2. The summed E-state index contributed by atoms with van der Waals surface area (Å²) in [5.41, 5.74) is 5.65. The predicted octanol–water partition coefficient (Wildman–Crippen LogP) is 2.76. The van der Waals surface area contributed by atoms with Gasteiger partial charge in [-0.3, -0.25) is 0 Å². The molecule has 0 saturated carbocycles. The average molecular weight is 260 g/mol. The zero-order valence-corrected chi connectivity index (χ0v) is 10.5. The lowest BCUT2D eigenvalue weighted by molar-refractivity contribution is -0.136. The summed E-state index contributed by atoms with van der Waals surface area (Å²) in [4.78, 5) is 11.6. The summed E-state index contributed by atoms with van der Waals surface area (Å²) in [5.74, 6) is -0.632. The van der Waals surface area contributed by atoms with Crippen molar-refractivity contribution in [1.82, 2.24) is 0 Å². The smallest absolute Gasteiger partial charge is 0.328 e. The molecular weight excluding hydrogens is 245 g/mol. The van der Waals surface area contributed by atoms with Crippen molar-refractivity contribution in [2.75, 3.05) is 0 Å². The molecule has 0 saturated heterocycles. The van der Waals surface area contributed by atoms with Crippen molar-refractivity contribution >= 4 is 17.6 Å². The lowest BCUT2D eigenvalue weighted by atomic mass is 10.1. The fourth-order valence-electron chi connectivity index (χ4n) is 1.35. The van der Waals surface area contributed by atoms with Gasteiger partial charge in [-0.1, -0.05) is 25.4 Å². The molecule has 94 valence electrons. The molecule has 0 spiro atoms. The molecule has 0 aliphatic rings. The van der Waals surface area contributed by atoms with E-state index in [2.05, 4.69) is 0 Å². The highest BCUT2D eigenvalue weighted by molar-refractivity contribution is 6.32. The number of ether oxygens (including phenoxy) is 1. The molecular formula is C12H15ClFNO2. The van der Waals surface area contributed by atoms with E-state index >= 15 is 0 Å². The third-order valence-electron chi connectivity index (χ3n) is 2.13. The van der Waals surface area contributed by atoms with Crippen LogP contribution in [0.5, 0.6) is 5.75 Å². The van der Waals surface area contributed by atoms with Gasteiger partial charge < -0.3 is 10.5 Å². The van der Waals surface area contributed by atoms with Gasteiger partial charge in [0, 0.05) is 0 Å². The molecule has 2 N–H and O–H groups in total. The number of nitrogens with two attached hydrogens (primary N) is 1. The Labute approximate surface area is 105 Å². The van der Waals surface area contributed by atoms with E-state index in [1.54, 1.807) is 0 Å². The Balaban J connectivity index is 2.67. The van der Waals surface area contributed by atoms with E-state index in [0.29, 0.717) is 12.3 Å². The Bertz CT molecular complexity index is 409. The summed E-state index contributed by atoms with van der Waals surface area (Å²) in [7, 11) is 0. The van der Waals surface area contributed by atoms with Gasteiger partial charge in [0.2, 0.25) is 0 Å². The third-order valence-corrected chi connectivity index (χ3v) is 2.43. The van der Waals surface area contributed by atoms with Gasteiger partial charge in [-0.2, -0.15) is 0 Å². The van der Waals surface area contributed by atoms with Crippen LogP contribution in [0.4, 0.5) is 4.39 Å². The van der Waals surface area contributed by atoms with Crippen LogP contribution in [-0.4, -0.2) is 12.0 Å². The molecule has 1 atom stereocenters. The van der Waals surface area contributed by atoms with Gasteiger partial charge in [-0.15, -0.1) is 0 Å². The molecule has 1 aromatic rings. The van der Waals surface area contributed by atoms with Crippen molar-refractivity contribution in [2.24, 2.45) is 11.7 Å². The second kappa shape index (κ2) is 5.98. The summed E-state index contributed by atoms with van der Waals surface area (Å²) in [6, 6.07) is 2.86. The number of rotatable bonds is 4. The second-order valence-electron chi connectivity index (χ2n) is 4.23. The highest BCUT2D eigenvalue weighted by Crippen LogP contribution is 2.25. The minimum absolute atomic E-state index is 0.0510. The maximum atomic E-state index is 12.8. The number of hydrogen-bond donors (Lipinski definition) is 1. The number of carbonyl (C=O) groups is 1. The van der Waals surface area contributed by atoms with Crippen molar-refractivity contribution in [3.05, 3.63) is 29.0 Å². The summed E-state index contributed by atoms with van der Waals surface area (Å²) in [6.07, 6.45) is 0.525. The summed E-state index contributed by atoms with van der Waals surface area (Å²) in [5, 5.41) is 0.0510. The summed E-state index contributed by atoms with van der Waals surface area (Å²) < 4.78 is 17.8. The molecule has 1 rings (SSSR count). The molecule has 0 heterocycles. The van der Waals surface area contributed by atoms with Gasteiger partial charge in [0.15, 0.2) is 0 Å². The van der Waals surface area contributed by atoms with Crippen LogP contribution in [-0.2, 0) is 4.79 Å². The van der Waals surface area contributed by atoms with Crippen LogP contribution in [0.3, 0.4) is 0 Å². The monoisotopic (exact) mass is 259 g/mol. The molecule has 0 aliphatic heterocycles. The molecule has 0 aliphatic carbocycles. The van der Waals surface area contributed by atoms with Gasteiger partial charge in [0.1, 0.15) is 17.6 Å². The maximum Gasteiger partial charge on any atom is 0.328 e. The van der Waals surface area contributed by atoms with Gasteiger partial charge in [-0.05, 0) is 30.5 Å². The van der Waals surface area contributed by atoms with Crippen LogP contribution in [0.2, 0.25) is 5.02 Å². The van der Waals surface area contributed by atoms with Crippen LogP contribution in [0.25, 0.3) is 0 Å². The molecule has 0 amide bonds. The van der Waals surface area contributed by atoms with E-state index in [-0.39, 0.29) is 10.8 Å². The molecule has 17 heavy (non-hydrogen) atoms. The number of benzene rings is 1. The van der Waals surface area contributed by atoms with Crippen LogP contribution in [0.15, 0.2) is 18.2 Å². The fourth-order valence-corrected chi connectivity index (χ4v) is 1.55. The Hall–Kier alpha value is -1.13. The lowest BCUT2D eigenvalue weighted by Gasteiger charge is -2.13. The van der Waals surface area contributed by atoms with E-state index in [9.17, 15) is 9.18 Å². The number of esters is 1. The third kappa shape index (κ3) is 4.32. The minimum atomic E-state index is -0.698. The average Bonchev–Trinajstić information content (AvgIpc) is 2.21. The van der Waals surface area contributed by atoms with E-state index in [0.717, 1.165) is 6.07 Å². The topological polar surface area (TPSA) is 52.3 Å². The molecule has 1 unspecified atom stereocenters. The van der Waals surface area contributed by atoms with Crippen molar-refractivity contribution in [3.63, 3.8) is 0 Å². The summed E-state index contributed by atoms with van der Waals surface area (Å²) in [6.45, 7) is 3.91. The first-order valence-corrected chi connectivity index (χ1v) is 5.70. The largest absolute Gasteiger partial charge is 0.424 e.